The number of hydrogen-bond donors (Lipinski definition) is 1. The molecule has 4 nitrogen and oxygen atoms in total. The number of hydrogen-bond acceptors (Lipinski definition) is 2. The van der Waals surface area contributed by atoms with Crippen molar-refractivity contribution < 1.29 is 4.79 Å². The molecule has 3 heterocycles. The van der Waals surface area contributed by atoms with Gasteiger partial charge in [0, 0.05) is 24.7 Å². The molecule has 4 heteroatoms. The van der Waals surface area contributed by atoms with Gasteiger partial charge in [0.1, 0.15) is 0 Å². The van der Waals surface area contributed by atoms with Gasteiger partial charge in [0.2, 0.25) is 0 Å². The minimum atomic E-state index is 0.0000193. The number of rotatable bonds is 1. The molecule has 0 saturated carbocycles. The molecule has 1 aromatic carbocycles. The lowest BCUT2D eigenvalue weighted by Crippen LogP contribution is -2.24. The fraction of sp³-hybridized carbons (Fsp3) is 0.125. The number of para-hydroxylation sites is 1. The average molecular weight is 263 g/mol. The summed E-state index contributed by atoms with van der Waals surface area (Å²) in [6, 6.07) is 13.8. The lowest BCUT2D eigenvalue weighted by molar-refractivity contribution is 0.0956. The molecule has 20 heavy (non-hydrogen) atoms. The largest absolute Gasteiger partial charge is 0.350 e. The van der Waals surface area contributed by atoms with Crippen LogP contribution in [0.4, 0.5) is 0 Å². The molecule has 1 N–H and O–H groups in total. The molecule has 98 valence electrons. The Kier molecular flexibility index (Phi) is 2.36. The van der Waals surface area contributed by atoms with Crippen LogP contribution in [0.15, 0.2) is 48.7 Å². The van der Waals surface area contributed by atoms with Gasteiger partial charge in [0.25, 0.3) is 5.91 Å². The summed E-state index contributed by atoms with van der Waals surface area (Å²) in [5, 5.41) is 4.02. The van der Waals surface area contributed by atoms with E-state index in [1.807, 2.05) is 36.4 Å². The van der Waals surface area contributed by atoms with Gasteiger partial charge in [-0.05, 0) is 24.3 Å². The first-order valence-corrected chi connectivity index (χ1v) is 6.66. The maximum absolute atomic E-state index is 12.1. The van der Waals surface area contributed by atoms with Crippen molar-refractivity contribution in [2.45, 2.75) is 6.54 Å². The topological polar surface area (TPSA) is 46.9 Å². The molecule has 0 radical (unpaired) electrons. The molecule has 1 aliphatic rings. The monoisotopic (exact) mass is 263 g/mol. The van der Waals surface area contributed by atoms with Crippen LogP contribution >= 0.6 is 0 Å². The molecule has 1 aliphatic heterocycles. The quantitative estimate of drug-likeness (QED) is 0.733. The molecular weight excluding hydrogens is 250 g/mol. The van der Waals surface area contributed by atoms with E-state index in [1.54, 1.807) is 6.20 Å². The van der Waals surface area contributed by atoms with Crippen LogP contribution in [0, 0.1) is 0 Å². The minimum absolute atomic E-state index is 0.0000193. The van der Waals surface area contributed by atoms with Crippen LogP contribution in [0.3, 0.4) is 0 Å². The third-order valence-electron chi connectivity index (χ3n) is 3.71. The zero-order chi connectivity index (χ0) is 13.5. The van der Waals surface area contributed by atoms with Gasteiger partial charge in [-0.2, -0.15) is 0 Å². The SMILES string of the molecule is O=C1NCCn2c(-c3ccccn3)cc3cccc1c32. The summed E-state index contributed by atoms with van der Waals surface area (Å²) in [6.45, 7) is 1.40. The van der Waals surface area contributed by atoms with E-state index in [2.05, 4.69) is 20.9 Å². The molecule has 0 saturated heterocycles. The number of aromatic nitrogens is 2. The first-order valence-electron chi connectivity index (χ1n) is 6.66. The van der Waals surface area contributed by atoms with Gasteiger partial charge in [-0.25, -0.2) is 0 Å². The third-order valence-corrected chi connectivity index (χ3v) is 3.71. The number of carbonyl (C=O) groups is 1. The number of amides is 1. The fourth-order valence-corrected chi connectivity index (χ4v) is 2.84. The van der Waals surface area contributed by atoms with Crippen molar-refractivity contribution in [3.8, 4) is 11.4 Å². The Morgan fingerprint density at radius 2 is 2.10 bits per heavy atom. The Labute approximate surface area is 116 Å². The number of nitrogens with zero attached hydrogens (tertiary/aromatic N) is 2. The first-order chi connectivity index (χ1) is 9.84. The van der Waals surface area contributed by atoms with Crippen LogP contribution < -0.4 is 5.32 Å². The highest BCUT2D eigenvalue weighted by Gasteiger charge is 2.20. The summed E-state index contributed by atoms with van der Waals surface area (Å²) in [6.07, 6.45) is 1.79. The van der Waals surface area contributed by atoms with Crippen LogP contribution in [0.5, 0.6) is 0 Å². The molecule has 4 rings (SSSR count). The highest BCUT2D eigenvalue weighted by molar-refractivity contribution is 6.07. The van der Waals surface area contributed by atoms with E-state index >= 15 is 0 Å². The van der Waals surface area contributed by atoms with E-state index in [9.17, 15) is 4.79 Å². The highest BCUT2D eigenvalue weighted by Crippen LogP contribution is 2.30. The molecule has 0 aliphatic carbocycles. The van der Waals surface area contributed by atoms with Crippen molar-refractivity contribution in [3.05, 3.63) is 54.2 Å². The van der Waals surface area contributed by atoms with Gasteiger partial charge in [-0.15, -0.1) is 0 Å². The van der Waals surface area contributed by atoms with Gasteiger partial charge in [-0.3, -0.25) is 9.78 Å². The Morgan fingerprint density at radius 3 is 2.95 bits per heavy atom. The number of nitrogens with one attached hydrogen (secondary N) is 1. The number of benzene rings is 1. The molecular formula is C16H13N3O. The Balaban J connectivity index is 2.07. The van der Waals surface area contributed by atoms with Crippen LogP contribution in [0.1, 0.15) is 10.4 Å². The summed E-state index contributed by atoms with van der Waals surface area (Å²) in [5.41, 5.74) is 3.74. The van der Waals surface area contributed by atoms with Crippen molar-refractivity contribution in [1.29, 1.82) is 0 Å². The van der Waals surface area contributed by atoms with E-state index in [0.29, 0.717) is 6.54 Å². The van der Waals surface area contributed by atoms with Crippen molar-refractivity contribution in [2.24, 2.45) is 0 Å². The van der Waals surface area contributed by atoms with Crippen molar-refractivity contribution >= 4 is 16.8 Å². The lowest BCUT2D eigenvalue weighted by Gasteiger charge is -2.08. The maximum Gasteiger partial charge on any atom is 0.253 e. The van der Waals surface area contributed by atoms with Gasteiger partial charge in [-0.1, -0.05) is 18.2 Å². The standard InChI is InChI=1S/C16H13N3O/c20-16-12-5-3-4-11-10-14(13-6-1-2-7-17-13)19(15(11)12)9-8-18-16/h1-7,10H,8-9H2,(H,18,20). The molecule has 0 unspecified atom stereocenters. The number of pyridine rings is 1. The molecule has 3 aromatic rings. The molecule has 0 spiro atoms. The molecule has 0 fully saturated rings. The summed E-state index contributed by atoms with van der Waals surface area (Å²) in [7, 11) is 0. The minimum Gasteiger partial charge on any atom is -0.350 e. The lowest BCUT2D eigenvalue weighted by atomic mass is 10.1. The molecule has 0 atom stereocenters. The second-order valence-electron chi connectivity index (χ2n) is 4.90. The Morgan fingerprint density at radius 1 is 1.15 bits per heavy atom. The van der Waals surface area contributed by atoms with Crippen molar-refractivity contribution in [1.82, 2.24) is 14.9 Å². The van der Waals surface area contributed by atoms with Gasteiger partial charge in [0.05, 0.1) is 22.5 Å². The molecule has 1 amide bonds. The smallest absolute Gasteiger partial charge is 0.253 e. The van der Waals surface area contributed by atoms with E-state index in [4.69, 9.17) is 0 Å². The van der Waals surface area contributed by atoms with E-state index in [0.717, 1.165) is 34.4 Å². The van der Waals surface area contributed by atoms with Gasteiger partial charge >= 0.3 is 0 Å². The Hall–Kier alpha value is -2.62. The summed E-state index contributed by atoms with van der Waals surface area (Å²) in [5.74, 6) is 0.0000193. The second kappa shape index (κ2) is 4.20. The van der Waals surface area contributed by atoms with Crippen molar-refractivity contribution in [3.63, 3.8) is 0 Å². The third kappa shape index (κ3) is 1.54. The van der Waals surface area contributed by atoms with E-state index in [-0.39, 0.29) is 5.91 Å². The Bertz CT molecular complexity index is 805. The predicted octanol–water partition coefficient (Wildman–Crippen LogP) is 2.45. The van der Waals surface area contributed by atoms with Crippen LogP contribution in [-0.2, 0) is 6.54 Å². The number of carbonyl (C=O) groups excluding carboxylic acids is 1. The van der Waals surface area contributed by atoms with Crippen LogP contribution in [0.2, 0.25) is 0 Å². The molecule has 0 bridgehead atoms. The maximum atomic E-state index is 12.1. The first kappa shape index (κ1) is 11.2. The summed E-state index contributed by atoms with van der Waals surface area (Å²) >= 11 is 0. The fourth-order valence-electron chi connectivity index (χ4n) is 2.84. The van der Waals surface area contributed by atoms with Gasteiger partial charge in [0.15, 0.2) is 0 Å². The average Bonchev–Trinajstić information content (AvgIpc) is 2.78. The van der Waals surface area contributed by atoms with E-state index in [1.165, 1.54) is 0 Å². The molecule has 2 aromatic heterocycles. The van der Waals surface area contributed by atoms with Crippen molar-refractivity contribution in [2.75, 3.05) is 6.54 Å². The second-order valence-corrected chi connectivity index (χ2v) is 4.90. The predicted molar refractivity (Wildman–Crippen MR) is 77.5 cm³/mol. The summed E-state index contributed by atoms with van der Waals surface area (Å²) in [4.78, 5) is 16.5. The normalized spacial score (nSPS) is 14.1. The van der Waals surface area contributed by atoms with Gasteiger partial charge < -0.3 is 9.88 Å². The zero-order valence-electron chi connectivity index (χ0n) is 10.8. The summed E-state index contributed by atoms with van der Waals surface area (Å²) < 4.78 is 2.19. The van der Waals surface area contributed by atoms with Crippen LogP contribution in [0.25, 0.3) is 22.3 Å². The van der Waals surface area contributed by atoms with E-state index < -0.39 is 0 Å². The highest BCUT2D eigenvalue weighted by atomic mass is 16.1. The van der Waals surface area contributed by atoms with Crippen LogP contribution in [-0.4, -0.2) is 22.0 Å². The zero-order valence-corrected chi connectivity index (χ0v) is 10.8.